The Kier molecular flexibility index (Phi) is 7.00. The van der Waals surface area contributed by atoms with Gasteiger partial charge in [-0.25, -0.2) is 14.8 Å². The quantitative estimate of drug-likeness (QED) is 0.332. The summed E-state index contributed by atoms with van der Waals surface area (Å²) in [5, 5.41) is 1.10. The fraction of sp³-hybridized carbons (Fsp3) is 0.160. The minimum absolute atomic E-state index is 0.0743. The van der Waals surface area contributed by atoms with E-state index in [0.29, 0.717) is 16.9 Å². The molecule has 4 rings (SSSR count). The Labute approximate surface area is 203 Å². The Morgan fingerprint density at radius 3 is 2.46 bits per heavy atom. The number of nitrogens with one attached hydrogen (secondary N) is 1. The molecule has 0 aromatic heterocycles. The Morgan fingerprint density at radius 1 is 1.06 bits per heavy atom. The minimum atomic E-state index is -4.73. The van der Waals surface area contributed by atoms with Crippen molar-refractivity contribution >= 4 is 29.3 Å². The van der Waals surface area contributed by atoms with Crippen molar-refractivity contribution in [2.75, 3.05) is 12.1 Å². The number of halogens is 5. The van der Waals surface area contributed by atoms with Crippen LogP contribution in [0.1, 0.15) is 11.1 Å². The van der Waals surface area contributed by atoms with E-state index in [1.54, 1.807) is 18.2 Å². The van der Waals surface area contributed by atoms with Gasteiger partial charge in [0.05, 0.1) is 12.8 Å². The molecule has 1 heterocycles. The van der Waals surface area contributed by atoms with Crippen LogP contribution in [0.25, 0.3) is 6.08 Å². The van der Waals surface area contributed by atoms with Gasteiger partial charge in [0.15, 0.2) is 17.5 Å². The zero-order chi connectivity index (χ0) is 25.2. The maximum atomic E-state index is 13.8. The van der Waals surface area contributed by atoms with Crippen LogP contribution in [0.2, 0.25) is 5.02 Å². The van der Waals surface area contributed by atoms with E-state index in [9.17, 15) is 22.4 Å². The third kappa shape index (κ3) is 5.58. The van der Waals surface area contributed by atoms with Crippen LogP contribution in [0.15, 0.2) is 72.3 Å². The highest BCUT2D eigenvalue weighted by molar-refractivity contribution is 6.31. The first-order valence-electron chi connectivity index (χ1n) is 10.4. The van der Waals surface area contributed by atoms with Gasteiger partial charge in [-0.2, -0.15) is 13.2 Å². The first-order chi connectivity index (χ1) is 16.7. The van der Waals surface area contributed by atoms with Gasteiger partial charge < -0.3 is 9.47 Å². The largest absolute Gasteiger partial charge is 0.493 e. The minimum Gasteiger partial charge on any atom is -0.493 e. The molecule has 1 atom stereocenters. The van der Waals surface area contributed by atoms with Gasteiger partial charge in [-0.05, 0) is 59.7 Å². The number of benzene rings is 3. The van der Waals surface area contributed by atoms with Gasteiger partial charge >= 0.3 is 6.18 Å². The summed E-state index contributed by atoms with van der Waals surface area (Å²) in [6, 6.07) is 13.9. The van der Waals surface area contributed by atoms with Gasteiger partial charge in [0.25, 0.3) is 5.91 Å². The van der Waals surface area contributed by atoms with Gasteiger partial charge in [0, 0.05) is 10.6 Å². The van der Waals surface area contributed by atoms with Crippen molar-refractivity contribution in [3.05, 3.63) is 94.3 Å². The zero-order valence-electron chi connectivity index (χ0n) is 18.3. The van der Waals surface area contributed by atoms with Crippen molar-refractivity contribution < 1.29 is 31.8 Å². The lowest BCUT2D eigenvalue weighted by molar-refractivity contribution is -0.144. The molecule has 182 valence electrons. The number of carbonyl (C=O) groups excluding carboxylic acids is 1. The molecule has 0 aliphatic carbocycles. The zero-order valence-corrected chi connectivity index (χ0v) is 19.0. The molecule has 1 unspecified atom stereocenters. The molecule has 1 saturated heterocycles. The second-order valence-corrected chi connectivity index (χ2v) is 8.09. The number of rotatable bonds is 6. The molecule has 3 aromatic carbocycles. The molecule has 1 aliphatic heterocycles. The van der Waals surface area contributed by atoms with Crippen molar-refractivity contribution in [3.63, 3.8) is 0 Å². The maximum absolute atomic E-state index is 13.8. The average molecular weight is 507 g/mol. The van der Waals surface area contributed by atoms with Crippen molar-refractivity contribution in [1.29, 1.82) is 0 Å². The third-order valence-corrected chi connectivity index (χ3v) is 5.47. The predicted molar refractivity (Wildman–Crippen MR) is 124 cm³/mol. The molecule has 3 aromatic rings. The van der Waals surface area contributed by atoms with Crippen molar-refractivity contribution in [2.45, 2.75) is 18.8 Å². The summed E-state index contributed by atoms with van der Waals surface area (Å²) in [6.07, 6.45) is -3.58. The topological polar surface area (TPSA) is 50.8 Å². The maximum Gasteiger partial charge on any atom is 0.409 e. The first kappa shape index (κ1) is 24.6. The number of ether oxygens (including phenoxy) is 2. The highest BCUT2D eigenvalue weighted by Gasteiger charge is 2.51. The molecule has 1 amide bonds. The van der Waals surface area contributed by atoms with Crippen molar-refractivity contribution in [3.8, 4) is 11.5 Å². The van der Waals surface area contributed by atoms with Crippen LogP contribution >= 0.6 is 11.6 Å². The van der Waals surface area contributed by atoms with Gasteiger partial charge in [-0.1, -0.05) is 35.9 Å². The molecule has 0 saturated carbocycles. The molecule has 1 N–H and O–H groups in total. The lowest BCUT2D eigenvalue weighted by Crippen LogP contribution is -2.44. The number of hydrazine groups is 1. The number of nitrogens with zero attached hydrogens (tertiary/aromatic N) is 1. The smallest absolute Gasteiger partial charge is 0.409 e. The summed E-state index contributed by atoms with van der Waals surface area (Å²) in [5.74, 6) is -0.655. The number of hydrogen-bond acceptors (Lipinski definition) is 4. The lowest BCUT2D eigenvalue weighted by atomic mass is 10.0. The number of hydrogen-bond donors (Lipinski definition) is 1. The molecular weight excluding hydrogens is 488 g/mol. The molecule has 0 spiro atoms. The monoisotopic (exact) mass is 506 g/mol. The second kappa shape index (κ2) is 9.97. The third-order valence-electron chi connectivity index (χ3n) is 5.23. The standard InChI is InChI=1S/C25H19ClF4N2O3/c1-34-21-10-7-16(12-22(21)35-14-15-5-8-18(27)9-6-15)11-20-23(25(28,29)30)31-32(24(20)33)19-4-2-3-17(26)13-19/h2-13,23,31H,14H2,1H3/b20-11-. The number of alkyl halides is 3. The molecule has 10 heteroatoms. The van der Waals surface area contributed by atoms with Crippen LogP contribution in [0.5, 0.6) is 11.5 Å². The summed E-state index contributed by atoms with van der Waals surface area (Å²) >= 11 is 5.94. The van der Waals surface area contributed by atoms with Crippen molar-refractivity contribution in [1.82, 2.24) is 5.43 Å². The summed E-state index contributed by atoms with van der Waals surface area (Å²) in [7, 11) is 1.42. The van der Waals surface area contributed by atoms with Gasteiger partial charge in [-0.3, -0.25) is 4.79 Å². The van der Waals surface area contributed by atoms with Crippen LogP contribution in [-0.2, 0) is 11.4 Å². The first-order valence-corrected chi connectivity index (χ1v) is 10.7. The highest BCUT2D eigenvalue weighted by atomic mass is 35.5. The molecule has 1 aliphatic rings. The van der Waals surface area contributed by atoms with Gasteiger partial charge in [0.1, 0.15) is 12.4 Å². The molecular formula is C25H19ClF4N2O3. The van der Waals surface area contributed by atoms with Crippen LogP contribution in [0.3, 0.4) is 0 Å². The summed E-state index contributed by atoms with van der Waals surface area (Å²) in [5.41, 5.74) is 2.89. The Morgan fingerprint density at radius 2 is 1.80 bits per heavy atom. The number of methoxy groups -OCH3 is 1. The summed E-state index contributed by atoms with van der Waals surface area (Å²) in [6.45, 7) is 0.0743. The summed E-state index contributed by atoms with van der Waals surface area (Å²) < 4.78 is 65.6. The van der Waals surface area contributed by atoms with E-state index in [2.05, 4.69) is 5.43 Å². The van der Waals surface area contributed by atoms with Gasteiger partial charge in [-0.15, -0.1) is 0 Å². The van der Waals surface area contributed by atoms with E-state index in [1.807, 2.05) is 0 Å². The van der Waals surface area contributed by atoms with Crippen molar-refractivity contribution in [2.24, 2.45) is 0 Å². The predicted octanol–water partition coefficient (Wildman–Crippen LogP) is 5.93. The van der Waals surface area contributed by atoms with Crippen LogP contribution in [0.4, 0.5) is 23.2 Å². The van der Waals surface area contributed by atoms with E-state index >= 15 is 0 Å². The Bertz CT molecular complexity index is 1260. The fourth-order valence-electron chi connectivity index (χ4n) is 3.53. The van der Waals surface area contributed by atoms with Crippen LogP contribution in [-0.4, -0.2) is 25.2 Å². The van der Waals surface area contributed by atoms with Crippen LogP contribution in [0, 0.1) is 5.82 Å². The molecule has 0 bridgehead atoms. The highest BCUT2D eigenvalue weighted by Crippen LogP contribution is 2.36. The van der Waals surface area contributed by atoms with Crippen LogP contribution < -0.4 is 19.9 Å². The fourth-order valence-corrected chi connectivity index (χ4v) is 3.71. The number of carbonyl (C=O) groups is 1. The average Bonchev–Trinajstić information content (AvgIpc) is 3.15. The molecule has 5 nitrogen and oxygen atoms in total. The SMILES string of the molecule is COc1ccc(/C=C2\C(=O)N(c3cccc(Cl)c3)NC2C(F)(F)F)cc1OCc1ccc(F)cc1. The molecule has 1 fully saturated rings. The number of amides is 1. The normalized spacial score (nSPS) is 17.2. The van der Waals surface area contributed by atoms with E-state index in [0.717, 1.165) is 11.1 Å². The molecule has 0 radical (unpaired) electrons. The Hall–Kier alpha value is -3.56. The van der Waals surface area contributed by atoms with E-state index in [1.165, 1.54) is 55.6 Å². The number of anilines is 1. The van der Waals surface area contributed by atoms with E-state index < -0.39 is 23.7 Å². The van der Waals surface area contributed by atoms with E-state index in [-0.39, 0.29) is 28.9 Å². The summed E-state index contributed by atoms with van der Waals surface area (Å²) in [4.78, 5) is 13.0. The van der Waals surface area contributed by atoms with E-state index in [4.69, 9.17) is 21.1 Å². The second-order valence-electron chi connectivity index (χ2n) is 7.65. The van der Waals surface area contributed by atoms with Gasteiger partial charge in [0.2, 0.25) is 0 Å². The lowest BCUT2D eigenvalue weighted by Gasteiger charge is -2.19. The molecule has 35 heavy (non-hydrogen) atoms. The Balaban J connectivity index is 1.65.